The molecule has 2 aromatic rings. The molecule has 2 aromatic carbocycles. The largest absolute Gasteiger partial charge is 0.465 e. The molecule has 1 aliphatic rings. The molecule has 1 heterocycles. The summed E-state index contributed by atoms with van der Waals surface area (Å²) in [6.07, 6.45) is 0. The maximum absolute atomic E-state index is 14.3. The van der Waals surface area contributed by atoms with Crippen LogP contribution in [0.2, 0.25) is 0 Å². The molecule has 1 N–H and O–H groups in total. The van der Waals surface area contributed by atoms with Crippen LogP contribution in [0, 0.1) is 23.0 Å². The van der Waals surface area contributed by atoms with E-state index in [0.717, 1.165) is 25.3 Å². The zero-order valence-corrected chi connectivity index (χ0v) is 13.1. The molecule has 0 saturated carbocycles. The van der Waals surface area contributed by atoms with Gasteiger partial charge < -0.3 is 10.1 Å². The van der Waals surface area contributed by atoms with Crippen LogP contribution in [0.15, 0.2) is 30.3 Å². The minimum absolute atomic E-state index is 0.0340. The van der Waals surface area contributed by atoms with Gasteiger partial charge in [-0.2, -0.15) is 5.26 Å². The number of benzene rings is 2. The molecule has 0 aliphatic carbocycles. The van der Waals surface area contributed by atoms with Gasteiger partial charge in [-0.15, -0.1) is 0 Å². The molecule has 1 aliphatic heterocycles. The first-order valence-electron chi connectivity index (χ1n) is 7.35. The van der Waals surface area contributed by atoms with E-state index in [1.165, 1.54) is 12.1 Å². The average Bonchev–Trinajstić information content (AvgIpc) is 2.61. The highest BCUT2D eigenvalue weighted by atomic mass is 19.1. The predicted molar refractivity (Wildman–Crippen MR) is 84.4 cm³/mol. The van der Waals surface area contributed by atoms with E-state index in [9.17, 15) is 18.4 Å². The number of ether oxygens (including phenoxy) is 1. The van der Waals surface area contributed by atoms with Gasteiger partial charge in [-0.1, -0.05) is 6.07 Å². The summed E-state index contributed by atoms with van der Waals surface area (Å²) in [5.74, 6) is -3.66. The maximum Gasteiger partial charge on any atom is 0.338 e. The van der Waals surface area contributed by atoms with E-state index in [1.807, 2.05) is 6.07 Å². The predicted octanol–water partition coefficient (Wildman–Crippen LogP) is 3.02. The van der Waals surface area contributed by atoms with Crippen molar-refractivity contribution in [2.24, 2.45) is 0 Å². The average molecular weight is 342 g/mol. The van der Waals surface area contributed by atoms with E-state index in [0.29, 0.717) is 0 Å². The third kappa shape index (κ3) is 2.83. The highest BCUT2D eigenvalue weighted by Gasteiger charge is 2.34. The van der Waals surface area contributed by atoms with Crippen LogP contribution in [0.5, 0.6) is 0 Å². The summed E-state index contributed by atoms with van der Waals surface area (Å²) in [7, 11) is 1.12. The second kappa shape index (κ2) is 6.32. The monoisotopic (exact) mass is 342 g/mol. The molecular weight excluding hydrogens is 330 g/mol. The van der Waals surface area contributed by atoms with Crippen LogP contribution in [0.3, 0.4) is 0 Å². The van der Waals surface area contributed by atoms with Gasteiger partial charge >= 0.3 is 5.97 Å². The normalized spacial score (nSPS) is 15.8. The van der Waals surface area contributed by atoms with Gasteiger partial charge in [-0.3, -0.25) is 4.79 Å². The van der Waals surface area contributed by atoms with Gasteiger partial charge in [0, 0.05) is 17.8 Å². The minimum Gasteiger partial charge on any atom is -0.465 e. The number of anilines is 1. The fraction of sp³-hybridized carbons (Fsp3) is 0.167. The first kappa shape index (κ1) is 16.6. The van der Waals surface area contributed by atoms with E-state index in [1.54, 1.807) is 0 Å². The lowest BCUT2D eigenvalue weighted by Gasteiger charge is -2.27. The quantitative estimate of drug-likeness (QED) is 0.849. The summed E-state index contributed by atoms with van der Waals surface area (Å²) in [6.45, 7) is 0.0404. The lowest BCUT2D eigenvalue weighted by molar-refractivity contribution is 0.0596. The summed E-state index contributed by atoms with van der Waals surface area (Å²) >= 11 is 0. The Morgan fingerprint density at radius 1 is 1.32 bits per heavy atom. The van der Waals surface area contributed by atoms with Crippen molar-refractivity contribution in [3.05, 3.63) is 64.2 Å². The van der Waals surface area contributed by atoms with Crippen LogP contribution in [0.4, 0.5) is 14.5 Å². The number of methoxy groups -OCH3 is 1. The fourth-order valence-corrected chi connectivity index (χ4v) is 2.89. The van der Waals surface area contributed by atoms with Crippen LogP contribution in [0.25, 0.3) is 0 Å². The molecule has 1 atom stereocenters. The van der Waals surface area contributed by atoms with Crippen molar-refractivity contribution in [3.63, 3.8) is 0 Å². The van der Waals surface area contributed by atoms with E-state index in [2.05, 4.69) is 10.1 Å². The van der Waals surface area contributed by atoms with Gasteiger partial charge in [0.2, 0.25) is 0 Å². The Balaban J connectivity index is 2.10. The van der Waals surface area contributed by atoms with Crippen LogP contribution in [-0.4, -0.2) is 25.4 Å². The summed E-state index contributed by atoms with van der Waals surface area (Å²) < 4.78 is 32.6. The summed E-state index contributed by atoms with van der Waals surface area (Å²) in [5.41, 5.74) is 0.148. The van der Waals surface area contributed by atoms with Crippen molar-refractivity contribution < 1.29 is 23.1 Å². The number of Topliss-reactive ketones (excluding diaryl/α,β-unsaturated/α-hetero) is 1. The Hall–Kier alpha value is -3.27. The van der Waals surface area contributed by atoms with E-state index in [-0.39, 0.29) is 34.5 Å². The first-order valence-corrected chi connectivity index (χ1v) is 7.35. The maximum atomic E-state index is 14.3. The fourth-order valence-electron chi connectivity index (χ4n) is 2.89. The molecule has 0 radical (unpaired) electrons. The van der Waals surface area contributed by atoms with Crippen molar-refractivity contribution in [3.8, 4) is 6.07 Å². The number of esters is 1. The van der Waals surface area contributed by atoms with Crippen molar-refractivity contribution >= 4 is 17.4 Å². The van der Waals surface area contributed by atoms with Crippen molar-refractivity contribution in [1.29, 1.82) is 5.26 Å². The first-order chi connectivity index (χ1) is 12.0. The van der Waals surface area contributed by atoms with Gasteiger partial charge in [0.1, 0.15) is 11.6 Å². The number of carbonyl (C=O) groups excluding carboxylic acids is 2. The number of carbonyl (C=O) groups is 2. The van der Waals surface area contributed by atoms with Gasteiger partial charge in [0.15, 0.2) is 5.78 Å². The summed E-state index contributed by atoms with van der Waals surface area (Å²) in [5, 5.41) is 11.7. The Morgan fingerprint density at radius 3 is 2.72 bits per heavy atom. The third-order valence-corrected chi connectivity index (χ3v) is 4.07. The number of nitriles is 1. The molecule has 126 valence electrons. The molecule has 0 aromatic heterocycles. The molecule has 0 saturated heterocycles. The minimum atomic E-state index is -0.908. The highest BCUT2D eigenvalue weighted by Crippen LogP contribution is 2.35. The number of nitrogens with zero attached hydrogens (tertiary/aromatic N) is 1. The Labute approximate surface area is 141 Å². The molecule has 0 fully saturated rings. The Kier molecular flexibility index (Phi) is 4.19. The van der Waals surface area contributed by atoms with Gasteiger partial charge in [0.25, 0.3) is 0 Å². The number of fused-ring (bicyclic) bond motifs is 1. The van der Waals surface area contributed by atoms with Crippen molar-refractivity contribution in [2.45, 2.75) is 5.92 Å². The van der Waals surface area contributed by atoms with Crippen LogP contribution in [0.1, 0.15) is 37.8 Å². The van der Waals surface area contributed by atoms with Crippen LogP contribution in [-0.2, 0) is 4.74 Å². The highest BCUT2D eigenvalue weighted by molar-refractivity contribution is 6.14. The Morgan fingerprint density at radius 2 is 2.08 bits per heavy atom. The molecule has 0 spiro atoms. The SMILES string of the molecule is COC(=O)c1cc(F)cc2c1C(=O)C(c1ccc(C#N)cc1F)CN2. The second-order valence-corrected chi connectivity index (χ2v) is 5.51. The molecule has 5 nitrogen and oxygen atoms in total. The van der Waals surface area contributed by atoms with Crippen molar-refractivity contribution in [2.75, 3.05) is 19.0 Å². The topological polar surface area (TPSA) is 79.2 Å². The molecular formula is C18H12F2N2O3. The number of nitrogens with one attached hydrogen (secondary N) is 1. The number of ketones is 1. The molecule has 7 heteroatoms. The lowest BCUT2D eigenvalue weighted by Crippen LogP contribution is -2.30. The molecule has 0 bridgehead atoms. The molecule has 3 rings (SSSR count). The molecule has 25 heavy (non-hydrogen) atoms. The Bertz CT molecular complexity index is 935. The third-order valence-electron chi connectivity index (χ3n) is 4.07. The summed E-state index contributed by atoms with van der Waals surface area (Å²) in [6, 6.07) is 7.66. The zero-order valence-electron chi connectivity index (χ0n) is 13.1. The number of halogens is 2. The van der Waals surface area contributed by atoms with Gasteiger partial charge in [-0.25, -0.2) is 13.6 Å². The number of hydrogen-bond acceptors (Lipinski definition) is 5. The van der Waals surface area contributed by atoms with Crippen LogP contribution >= 0.6 is 0 Å². The molecule has 0 amide bonds. The van der Waals surface area contributed by atoms with Crippen molar-refractivity contribution in [1.82, 2.24) is 0 Å². The second-order valence-electron chi connectivity index (χ2n) is 5.51. The van der Waals surface area contributed by atoms with Crippen LogP contribution < -0.4 is 5.32 Å². The zero-order chi connectivity index (χ0) is 18.1. The van der Waals surface area contributed by atoms with E-state index in [4.69, 9.17) is 5.26 Å². The summed E-state index contributed by atoms with van der Waals surface area (Å²) in [4.78, 5) is 24.8. The number of hydrogen-bond donors (Lipinski definition) is 1. The smallest absolute Gasteiger partial charge is 0.338 e. The van der Waals surface area contributed by atoms with Gasteiger partial charge in [-0.05, 0) is 24.3 Å². The van der Waals surface area contributed by atoms with E-state index >= 15 is 0 Å². The lowest BCUT2D eigenvalue weighted by atomic mass is 9.84. The van der Waals surface area contributed by atoms with Gasteiger partial charge in [0.05, 0.1) is 35.8 Å². The number of rotatable bonds is 2. The molecule has 1 unspecified atom stereocenters. The standard InChI is InChI=1S/C18H12F2N2O3/c1-25-18(24)12-5-10(19)6-15-16(12)17(23)13(8-22-15)11-3-2-9(7-21)4-14(11)20/h2-6,13,22H,8H2,1H3. The van der Waals surface area contributed by atoms with E-state index < -0.39 is 29.3 Å².